The molecule has 0 aliphatic heterocycles. The smallest absolute Gasteiger partial charge is 0.205 e. The van der Waals surface area contributed by atoms with Gasteiger partial charge in [-0.1, -0.05) is 12.1 Å². The van der Waals surface area contributed by atoms with Crippen molar-refractivity contribution in [3.8, 4) is 11.5 Å². The predicted octanol–water partition coefficient (Wildman–Crippen LogP) is 4.66. The Kier molecular flexibility index (Phi) is 6.25. The maximum Gasteiger partial charge on any atom is 0.205 e. The van der Waals surface area contributed by atoms with Crippen LogP contribution >= 0.6 is 27.3 Å². The molecule has 3 aromatic rings. The molecule has 0 fully saturated rings. The van der Waals surface area contributed by atoms with Crippen molar-refractivity contribution in [2.45, 2.75) is 6.61 Å². The van der Waals surface area contributed by atoms with Crippen molar-refractivity contribution in [3.05, 3.63) is 63.2 Å². The molecule has 2 aromatic carbocycles. The first-order valence-electron chi connectivity index (χ1n) is 7.80. The van der Waals surface area contributed by atoms with E-state index >= 15 is 0 Å². The normalized spacial score (nSPS) is 10.9. The largest absolute Gasteiger partial charge is 0.493 e. The van der Waals surface area contributed by atoms with Gasteiger partial charge in [-0.3, -0.25) is 5.43 Å². The molecule has 27 heavy (non-hydrogen) atoms. The highest BCUT2D eigenvalue weighted by atomic mass is 79.9. The molecule has 0 bridgehead atoms. The minimum absolute atomic E-state index is 0.215. The van der Waals surface area contributed by atoms with Crippen LogP contribution in [-0.2, 0) is 6.61 Å². The molecular weight excluding hydrogens is 435 g/mol. The molecule has 3 rings (SSSR count). The predicted molar refractivity (Wildman–Crippen MR) is 109 cm³/mol. The standard InChI is InChI=1S/C18H16BrFN4O2S/c1-25-15-7-12(8-22-24-18-23-16(21)10-27-18)6-14(19)17(15)26-9-11-3-2-4-13(20)5-11/h2-8,10H,9,21H2,1H3,(H,23,24). The number of aromatic nitrogens is 1. The van der Waals surface area contributed by atoms with Crippen molar-refractivity contribution in [2.75, 3.05) is 18.3 Å². The van der Waals surface area contributed by atoms with Gasteiger partial charge in [0.25, 0.3) is 0 Å². The van der Waals surface area contributed by atoms with E-state index in [1.165, 1.54) is 23.5 Å². The van der Waals surface area contributed by atoms with Crippen LogP contribution in [0.25, 0.3) is 0 Å². The average molecular weight is 451 g/mol. The molecular formula is C18H16BrFN4O2S. The van der Waals surface area contributed by atoms with Crippen LogP contribution in [0, 0.1) is 5.82 Å². The number of nitrogens with two attached hydrogens (primary N) is 1. The molecule has 0 aliphatic carbocycles. The van der Waals surface area contributed by atoms with Gasteiger partial charge in [-0.2, -0.15) is 5.10 Å². The first-order valence-corrected chi connectivity index (χ1v) is 9.47. The zero-order valence-corrected chi connectivity index (χ0v) is 16.7. The van der Waals surface area contributed by atoms with Crippen molar-refractivity contribution in [3.63, 3.8) is 0 Å². The van der Waals surface area contributed by atoms with E-state index in [1.54, 1.807) is 36.9 Å². The highest BCUT2D eigenvalue weighted by molar-refractivity contribution is 9.10. The van der Waals surface area contributed by atoms with Gasteiger partial charge in [-0.05, 0) is 51.3 Å². The molecule has 1 aromatic heterocycles. The Morgan fingerprint density at radius 2 is 2.22 bits per heavy atom. The number of hydrazone groups is 1. The van der Waals surface area contributed by atoms with E-state index in [1.807, 2.05) is 6.07 Å². The number of methoxy groups -OCH3 is 1. The van der Waals surface area contributed by atoms with Crippen LogP contribution in [0.2, 0.25) is 0 Å². The number of hydrogen-bond donors (Lipinski definition) is 2. The summed E-state index contributed by atoms with van der Waals surface area (Å²) in [7, 11) is 1.55. The van der Waals surface area contributed by atoms with Crippen LogP contribution in [0.15, 0.2) is 51.4 Å². The van der Waals surface area contributed by atoms with E-state index in [-0.39, 0.29) is 12.4 Å². The molecule has 6 nitrogen and oxygen atoms in total. The van der Waals surface area contributed by atoms with Gasteiger partial charge in [0.15, 0.2) is 11.5 Å². The zero-order chi connectivity index (χ0) is 19.2. The summed E-state index contributed by atoms with van der Waals surface area (Å²) in [6.07, 6.45) is 1.63. The van der Waals surface area contributed by atoms with Crippen LogP contribution in [0.1, 0.15) is 11.1 Å². The number of thiazole rings is 1. The molecule has 0 radical (unpaired) electrons. The summed E-state index contributed by atoms with van der Waals surface area (Å²) in [5, 5.41) is 6.46. The molecule has 1 heterocycles. The summed E-state index contributed by atoms with van der Waals surface area (Å²) >= 11 is 4.84. The second-order valence-electron chi connectivity index (χ2n) is 5.40. The topological polar surface area (TPSA) is 81.8 Å². The number of halogens is 2. The third-order valence-corrected chi connectivity index (χ3v) is 4.77. The van der Waals surface area contributed by atoms with Gasteiger partial charge in [0, 0.05) is 5.38 Å². The average Bonchev–Trinajstić information content (AvgIpc) is 3.05. The molecule has 0 atom stereocenters. The SMILES string of the molecule is COc1cc(C=NNc2nc(N)cs2)cc(Br)c1OCc1cccc(F)c1. The van der Waals surface area contributed by atoms with Crippen molar-refractivity contribution in [2.24, 2.45) is 5.10 Å². The van der Waals surface area contributed by atoms with E-state index in [0.29, 0.717) is 26.9 Å². The quantitative estimate of drug-likeness (QED) is 0.404. The van der Waals surface area contributed by atoms with Gasteiger partial charge in [-0.25, -0.2) is 9.37 Å². The summed E-state index contributed by atoms with van der Waals surface area (Å²) < 4.78 is 25.2. The van der Waals surface area contributed by atoms with Gasteiger partial charge >= 0.3 is 0 Å². The van der Waals surface area contributed by atoms with Crippen LogP contribution < -0.4 is 20.6 Å². The molecule has 3 N–H and O–H groups in total. The number of nitrogens with zero attached hydrogens (tertiary/aromatic N) is 2. The van der Waals surface area contributed by atoms with Gasteiger partial charge in [0.1, 0.15) is 18.2 Å². The van der Waals surface area contributed by atoms with E-state index < -0.39 is 0 Å². The second-order valence-corrected chi connectivity index (χ2v) is 7.11. The molecule has 0 amide bonds. The Hall–Kier alpha value is -2.65. The third kappa shape index (κ3) is 5.18. The Morgan fingerprint density at radius 1 is 1.37 bits per heavy atom. The lowest BCUT2D eigenvalue weighted by Gasteiger charge is -2.13. The molecule has 0 aliphatic rings. The number of rotatable bonds is 7. The van der Waals surface area contributed by atoms with Crippen LogP contribution in [0.4, 0.5) is 15.3 Å². The van der Waals surface area contributed by atoms with E-state index in [9.17, 15) is 4.39 Å². The monoisotopic (exact) mass is 450 g/mol. The summed E-state index contributed by atoms with van der Waals surface area (Å²) in [6.45, 7) is 0.215. The highest BCUT2D eigenvalue weighted by Gasteiger charge is 2.12. The lowest BCUT2D eigenvalue weighted by atomic mass is 10.2. The fourth-order valence-electron chi connectivity index (χ4n) is 2.24. The minimum Gasteiger partial charge on any atom is -0.493 e. The van der Waals surface area contributed by atoms with E-state index in [2.05, 4.69) is 31.4 Å². The number of hydrogen-bond acceptors (Lipinski definition) is 7. The zero-order valence-electron chi connectivity index (χ0n) is 14.3. The molecule has 0 saturated heterocycles. The first kappa shape index (κ1) is 19.1. The molecule has 0 spiro atoms. The van der Waals surface area contributed by atoms with Gasteiger partial charge < -0.3 is 15.2 Å². The number of anilines is 2. The maximum atomic E-state index is 13.3. The van der Waals surface area contributed by atoms with Crippen LogP contribution in [0.5, 0.6) is 11.5 Å². The Bertz CT molecular complexity index is 964. The first-order chi connectivity index (χ1) is 13.0. The fraction of sp³-hybridized carbons (Fsp3) is 0.111. The fourth-order valence-corrected chi connectivity index (χ4v) is 3.36. The van der Waals surface area contributed by atoms with Crippen LogP contribution in [0.3, 0.4) is 0 Å². The number of benzene rings is 2. The van der Waals surface area contributed by atoms with Gasteiger partial charge in [0.2, 0.25) is 5.13 Å². The third-order valence-electron chi connectivity index (χ3n) is 3.42. The van der Waals surface area contributed by atoms with Crippen molar-refractivity contribution in [1.82, 2.24) is 4.98 Å². The highest BCUT2D eigenvalue weighted by Crippen LogP contribution is 2.37. The van der Waals surface area contributed by atoms with E-state index in [4.69, 9.17) is 15.2 Å². The Balaban J connectivity index is 1.72. The molecule has 9 heteroatoms. The number of ether oxygens (including phenoxy) is 2. The summed E-state index contributed by atoms with van der Waals surface area (Å²) in [6, 6.07) is 9.88. The summed E-state index contributed by atoms with van der Waals surface area (Å²) in [5.41, 5.74) is 9.89. The number of nitrogen functional groups attached to an aromatic ring is 1. The van der Waals surface area contributed by atoms with Gasteiger partial charge in [0.05, 0.1) is 17.8 Å². The lowest BCUT2D eigenvalue weighted by Crippen LogP contribution is -2.00. The second kappa shape index (κ2) is 8.83. The Morgan fingerprint density at radius 3 is 2.93 bits per heavy atom. The maximum absolute atomic E-state index is 13.3. The molecule has 0 saturated carbocycles. The van der Waals surface area contributed by atoms with Crippen molar-refractivity contribution in [1.29, 1.82) is 0 Å². The van der Waals surface area contributed by atoms with Crippen molar-refractivity contribution < 1.29 is 13.9 Å². The molecule has 0 unspecified atom stereocenters. The lowest BCUT2D eigenvalue weighted by molar-refractivity contribution is 0.282. The van der Waals surface area contributed by atoms with E-state index in [0.717, 1.165) is 11.1 Å². The summed E-state index contributed by atoms with van der Waals surface area (Å²) in [5.74, 6) is 1.20. The molecule has 140 valence electrons. The van der Waals surface area contributed by atoms with Crippen LogP contribution in [-0.4, -0.2) is 18.3 Å². The number of nitrogens with one attached hydrogen (secondary N) is 1. The summed E-state index contributed by atoms with van der Waals surface area (Å²) in [4.78, 5) is 4.06. The minimum atomic E-state index is -0.303. The Labute approximate surface area is 168 Å². The van der Waals surface area contributed by atoms with Gasteiger partial charge in [-0.15, -0.1) is 11.3 Å². The van der Waals surface area contributed by atoms with Crippen molar-refractivity contribution >= 4 is 44.4 Å².